The maximum atomic E-state index is 12.1. The first-order valence-corrected chi connectivity index (χ1v) is 8.41. The Morgan fingerprint density at radius 2 is 2.04 bits per heavy atom. The van der Waals surface area contributed by atoms with Crippen molar-refractivity contribution in [1.29, 1.82) is 0 Å². The van der Waals surface area contributed by atoms with Gasteiger partial charge in [0, 0.05) is 18.2 Å². The molecule has 0 aliphatic carbocycles. The van der Waals surface area contributed by atoms with Crippen molar-refractivity contribution in [2.24, 2.45) is 0 Å². The van der Waals surface area contributed by atoms with Crippen LogP contribution in [0.25, 0.3) is 0 Å². The Morgan fingerprint density at radius 1 is 1.28 bits per heavy atom. The van der Waals surface area contributed by atoms with E-state index in [0.717, 1.165) is 11.3 Å². The minimum Gasteiger partial charge on any atom is -0.491 e. The van der Waals surface area contributed by atoms with Gasteiger partial charge < -0.3 is 24.9 Å². The number of aryl methyl sites for hydroxylation is 1. The van der Waals surface area contributed by atoms with Crippen LogP contribution in [-0.4, -0.2) is 23.3 Å². The highest BCUT2D eigenvalue weighted by Gasteiger charge is 2.16. The summed E-state index contributed by atoms with van der Waals surface area (Å²) in [6, 6.07) is 8.42. The molecule has 0 spiro atoms. The summed E-state index contributed by atoms with van der Waals surface area (Å²) < 4.78 is 10.8. The number of furan rings is 1. The second-order valence-corrected chi connectivity index (χ2v) is 6.41. The number of carbonyl (C=O) groups is 1. The van der Waals surface area contributed by atoms with Crippen LogP contribution in [0.1, 0.15) is 44.6 Å². The lowest BCUT2D eigenvalue weighted by Gasteiger charge is -2.18. The van der Waals surface area contributed by atoms with E-state index in [9.17, 15) is 9.90 Å². The van der Waals surface area contributed by atoms with E-state index in [1.165, 1.54) is 6.26 Å². The van der Waals surface area contributed by atoms with E-state index in [1.807, 2.05) is 45.9 Å². The third-order valence-electron chi connectivity index (χ3n) is 3.64. The number of urea groups is 1. The van der Waals surface area contributed by atoms with E-state index in [2.05, 4.69) is 10.6 Å². The molecule has 0 aliphatic rings. The molecule has 0 saturated carbocycles. The fourth-order valence-corrected chi connectivity index (χ4v) is 2.49. The quantitative estimate of drug-likeness (QED) is 0.707. The van der Waals surface area contributed by atoms with Gasteiger partial charge in [0.2, 0.25) is 0 Å². The maximum absolute atomic E-state index is 12.1. The number of aliphatic hydroxyl groups excluding tert-OH is 1. The Balaban J connectivity index is 1.87. The molecule has 6 heteroatoms. The molecule has 1 aromatic heterocycles. The minimum absolute atomic E-state index is 0.1000. The monoisotopic (exact) mass is 346 g/mol. The molecule has 2 rings (SSSR count). The molecule has 0 fully saturated rings. The van der Waals surface area contributed by atoms with Crippen LogP contribution in [0.2, 0.25) is 0 Å². The Morgan fingerprint density at radius 3 is 2.64 bits per heavy atom. The largest absolute Gasteiger partial charge is 0.491 e. The van der Waals surface area contributed by atoms with Gasteiger partial charge in [-0.3, -0.25) is 0 Å². The van der Waals surface area contributed by atoms with Gasteiger partial charge in [-0.1, -0.05) is 0 Å². The van der Waals surface area contributed by atoms with Crippen LogP contribution in [0.5, 0.6) is 5.75 Å². The van der Waals surface area contributed by atoms with Crippen LogP contribution in [0.15, 0.2) is 41.0 Å². The molecular formula is C19H26N2O4. The normalized spacial score (nSPS) is 13.4. The standard InChI is InChI=1S/C19H26N2O4/c1-12(2)25-15-7-8-16(13(3)10-15)21-19(23)20-14(4)11-17(22)18-6-5-9-24-18/h5-10,12,14,17,22H,11H2,1-4H3,(H2,20,21,23). The van der Waals surface area contributed by atoms with Crippen molar-refractivity contribution in [3.63, 3.8) is 0 Å². The van der Waals surface area contributed by atoms with Gasteiger partial charge in [-0.2, -0.15) is 0 Å². The van der Waals surface area contributed by atoms with Crippen LogP contribution in [0, 0.1) is 6.92 Å². The molecule has 1 heterocycles. The predicted octanol–water partition coefficient (Wildman–Crippen LogP) is 4.01. The van der Waals surface area contributed by atoms with Crippen LogP contribution in [0.3, 0.4) is 0 Å². The lowest BCUT2D eigenvalue weighted by molar-refractivity contribution is 0.130. The molecule has 2 atom stereocenters. The zero-order valence-electron chi connectivity index (χ0n) is 15.1. The number of carbonyl (C=O) groups excluding carboxylic acids is 1. The van der Waals surface area contributed by atoms with Crippen molar-refractivity contribution in [3.8, 4) is 5.75 Å². The van der Waals surface area contributed by atoms with Crippen molar-refractivity contribution in [2.45, 2.75) is 52.4 Å². The highest BCUT2D eigenvalue weighted by Crippen LogP contribution is 2.22. The molecule has 0 saturated heterocycles. The summed E-state index contributed by atoms with van der Waals surface area (Å²) in [5.74, 6) is 1.26. The van der Waals surface area contributed by atoms with Crippen molar-refractivity contribution in [1.82, 2.24) is 5.32 Å². The first-order valence-electron chi connectivity index (χ1n) is 8.41. The van der Waals surface area contributed by atoms with Crippen LogP contribution in [-0.2, 0) is 0 Å². The Kier molecular flexibility index (Phi) is 6.47. The third kappa shape index (κ3) is 5.83. The molecule has 2 amide bonds. The van der Waals surface area contributed by atoms with E-state index in [-0.39, 0.29) is 18.2 Å². The predicted molar refractivity (Wildman–Crippen MR) is 96.8 cm³/mol. The molecule has 25 heavy (non-hydrogen) atoms. The van der Waals surface area contributed by atoms with E-state index in [0.29, 0.717) is 17.9 Å². The Bertz CT molecular complexity index is 683. The Hall–Kier alpha value is -2.47. The molecule has 1 aromatic carbocycles. The summed E-state index contributed by atoms with van der Waals surface area (Å²) in [6.45, 7) is 7.67. The Labute approximate surface area is 148 Å². The number of amides is 2. The van der Waals surface area contributed by atoms with E-state index < -0.39 is 6.10 Å². The highest BCUT2D eigenvalue weighted by atomic mass is 16.5. The third-order valence-corrected chi connectivity index (χ3v) is 3.64. The lowest BCUT2D eigenvalue weighted by atomic mass is 10.1. The molecule has 0 aliphatic heterocycles. The number of nitrogens with one attached hydrogen (secondary N) is 2. The fourth-order valence-electron chi connectivity index (χ4n) is 2.49. The molecule has 2 aromatic rings. The summed E-state index contributed by atoms with van der Waals surface area (Å²) in [5, 5.41) is 15.7. The fraction of sp³-hybridized carbons (Fsp3) is 0.421. The van der Waals surface area contributed by atoms with Gasteiger partial charge in [-0.15, -0.1) is 0 Å². The van der Waals surface area contributed by atoms with Crippen LogP contribution < -0.4 is 15.4 Å². The smallest absolute Gasteiger partial charge is 0.319 e. The van der Waals surface area contributed by atoms with Gasteiger partial charge in [0.05, 0.1) is 12.4 Å². The van der Waals surface area contributed by atoms with Crippen molar-refractivity contribution < 1.29 is 19.1 Å². The van der Waals surface area contributed by atoms with Crippen molar-refractivity contribution in [2.75, 3.05) is 5.32 Å². The number of benzene rings is 1. The summed E-state index contributed by atoms with van der Waals surface area (Å²) in [6.07, 6.45) is 1.22. The van der Waals surface area contributed by atoms with Gasteiger partial charge in [-0.25, -0.2) is 4.79 Å². The van der Waals surface area contributed by atoms with E-state index >= 15 is 0 Å². The van der Waals surface area contributed by atoms with Crippen LogP contribution >= 0.6 is 0 Å². The van der Waals surface area contributed by atoms with Gasteiger partial charge in [0.1, 0.15) is 17.6 Å². The molecule has 0 radical (unpaired) electrons. The van der Waals surface area contributed by atoms with E-state index in [4.69, 9.17) is 9.15 Å². The molecule has 0 bridgehead atoms. The molecule has 2 unspecified atom stereocenters. The molecular weight excluding hydrogens is 320 g/mol. The first-order chi connectivity index (χ1) is 11.8. The lowest BCUT2D eigenvalue weighted by Crippen LogP contribution is -2.37. The van der Waals surface area contributed by atoms with Gasteiger partial charge >= 0.3 is 6.03 Å². The second-order valence-electron chi connectivity index (χ2n) is 6.41. The van der Waals surface area contributed by atoms with E-state index in [1.54, 1.807) is 12.1 Å². The average Bonchev–Trinajstić information content (AvgIpc) is 3.03. The van der Waals surface area contributed by atoms with Gasteiger partial charge in [0.15, 0.2) is 0 Å². The summed E-state index contributed by atoms with van der Waals surface area (Å²) in [7, 11) is 0. The summed E-state index contributed by atoms with van der Waals surface area (Å²) in [5.41, 5.74) is 1.63. The number of hydrogen-bond acceptors (Lipinski definition) is 4. The number of aliphatic hydroxyl groups is 1. The van der Waals surface area contributed by atoms with Gasteiger partial charge in [0.25, 0.3) is 0 Å². The number of anilines is 1. The summed E-state index contributed by atoms with van der Waals surface area (Å²) in [4.78, 5) is 12.1. The van der Waals surface area contributed by atoms with Crippen molar-refractivity contribution >= 4 is 11.7 Å². The second kappa shape index (κ2) is 8.58. The summed E-state index contributed by atoms with van der Waals surface area (Å²) >= 11 is 0. The minimum atomic E-state index is -0.750. The topological polar surface area (TPSA) is 83.7 Å². The molecule has 3 N–H and O–H groups in total. The average molecular weight is 346 g/mol. The zero-order chi connectivity index (χ0) is 18.4. The number of rotatable bonds is 7. The van der Waals surface area contributed by atoms with Gasteiger partial charge in [-0.05, 0) is 63.6 Å². The SMILES string of the molecule is Cc1cc(OC(C)C)ccc1NC(=O)NC(C)CC(O)c1ccco1. The zero-order valence-corrected chi connectivity index (χ0v) is 15.1. The number of hydrogen-bond donors (Lipinski definition) is 3. The highest BCUT2D eigenvalue weighted by molar-refractivity contribution is 5.90. The molecule has 136 valence electrons. The first kappa shape index (κ1) is 18.9. The maximum Gasteiger partial charge on any atom is 0.319 e. The van der Waals surface area contributed by atoms with Crippen LogP contribution in [0.4, 0.5) is 10.5 Å². The van der Waals surface area contributed by atoms with Crippen molar-refractivity contribution in [3.05, 3.63) is 47.9 Å². The number of ether oxygens (including phenoxy) is 1. The molecule has 6 nitrogen and oxygen atoms in total.